The zero-order valence-corrected chi connectivity index (χ0v) is 20.4. The molecule has 1 N–H and O–H groups in total. The first kappa shape index (κ1) is 22.6. The number of hydrogen-bond acceptors (Lipinski definition) is 1. The Labute approximate surface area is 187 Å². The lowest BCUT2D eigenvalue weighted by Crippen LogP contribution is -2.04. The number of nitrogens with zero attached hydrogens (tertiary/aromatic N) is 1. The first-order valence-corrected chi connectivity index (χ1v) is 11.5. The fourth-order valence-electron chi connectivity index (χ4n) is 4.37. The van der Waals surface area contributed by atoms with Crippen molar-refractivity contribution in [1.82, 2.24) is 9.97 Å². The molecule has 0 atom stereocenters. The summed E-state index contributed by atoms with van der Waals surface area (Å²) in [6, 6.07) is 13.3. The van der Waals surface area contributed by atoms with Crippen LogP contribution in [0.3, 0.4) is 0 Å². The fourth-order valence-corrected chi connectivity index (χ4v) is 4.55. The van der Waals surface area contributed by atoms with Gasteiger partial charge in [-0.1, -0.05) is 91.8 Å². The maximum Gasteiger partial charge on any atom is 0.201 e. The third kappa shape index (κ3) is 4.21. The molecule has 1 aromatic heterocycles. The summed E-state index contributed by atoms with van der Waals surface area (Å²) in [5, 5.41) is 0.446. The van der Waals surface area contributed by atoms with Crippen LogP contribution in [0.1, 0.15) is 101 Å². The lowest BCUT2D eigenvalue weighted by Gasteiger charge is -2.22. The average Bonchev–Trinajstić information content (AvgIpc) is 3.07. The summed E-state index contributed by atoms with van der Waals surface area (Å²) in [5.41, 5.74) is 9.80. The summed E-state index contributed by atoms with van der Waals surface area (Å²) < 4.78 is 0. The lowest BCUT2D eigenvalue weighted by atomic mass is 9.83. The number of hydrogen-bond donors (Lipinski definition) is 1. The van der Waals surface area contributed by atoms with E-state index in [2.05, 4.69) is 96.8 Å². The number of imidazole rings is 1. The van der Waals surface area contributed by atoms with Crippen molar-refractivity contribution in [2.24, 2.45) is 0 Å². The SMILES string of the molecule is CC(C)c1cccc(C(C)C)c1-c1nc(Cl)[nH]c1-c1c(C(C)C)cccc1C(C)C. The number of benzene rings is 2. The molecule has 3 rings (SSSR count). The quantitative estimate of drug-likeness (QED) is 0.422. The summed E-state index contributed by atoms with van der Waals surface area (Å²) >= 11 is 6.53. The van der Waals surface area contributed by atoms with Crippen LogP contribution in [0, 0.1) is 0 Å². The van der Waals surface area contributed by atoms with Crippen LogP contribution >= 0.6 is 11.6 Å². The first-order chi connectivity index (χ1) is 14.1. The van der Waals surface area contributed by atoms with Crippen molar-refractivity contribution in [2.75, 3.05) is 0 Å². The number of rotatable bonds is 6. The molecule has 2 aromatic carbocycles. The van der Waals surface area contributed by atoms with Gasteiger partial charge in [0.2, 0.25) is 5.28 Å². The molecular formula is C27H35ClN2. The highest BCUT2D eigenvalue weighted by atomic mass is 35.5. The van der Waals surface area contributed by atoms with Gasteiger partial charge < -0.3 is 4.98 Å². The molecule has 0 bridgehead atoms. The molecule has 0 saturated heterocycles. The minimum atomic E-state index is 0.395. The van der Waals surface area contributed by atoms with Crippen LogP contribution in [0.5, 0.6) is 0 Å². The van der Waals surface area contributed by atoms with Crippen LogP contribution in [0.4, 0.5) is 0 Å². The number of nitrogens with one attached hydrogen (secondary N) is 1. The normalized spacial score (nSPS) is 12.0. The Bertz CT molecular complexity index is 892. The maximum atomic E-state index is 6.53. The Morgan fingerprint density at radius 2 is 1.00 bits per heavy atom. The molecule has 3 heteroatoms. The summed E-state index contributed by atoms with van der Waals surface area (Å²) in [7, 11) is 0. The molecule has 0 aliphatic rings. The zero-order valence-electron chi connectivity index (χ0n) is 19.6. The molecule has 0 aliphatic heterocycles. The van der Waals surface area contributed by atoms with E-state index in [4.69, 9.17) is 16.6 Å². The van der Waals surface area contributed by atoms with E-state index in [1.54, 1.807) is 0 Å². The van der Waals surface area contributed by atoms with Crippen molar-refractivity contribution >= 4 is 11.6 Å². The van der Waals surface area contributed by atoms with Gasteiger partial charge in [0.15, 0.2) is 0 Å². The van der Waals surface area contributed by atoms with Crippen LogP contribution < -0.4 is 0 Å². The highest BCUT2D eigenvalue weighted by Crippen LogP contribution is 2.44. The topological polar surface area (TPSA) is 28.7 Å². The first-order valence-electron chi connectivity index (χ1n) is 11.1. The summed E-state index contributed by atoms with van der Waals surface area (Å²) in [5.74, 6) is 1.59. The predicted octanol–water partition coefficient (Wildman–Crippen LogP) is 8.89. The van der Waals surface area contributed by atoms with E-state index in [-0.39, 0.29) is 0 Å². The summed E-state index contributed by atoms with van der Waals surface area (Å²) in [4.78, 5) is 8.29. The van der Waals surface area contributed by atoms with E-state index < -0.39 is 0 Å². The molecule has 0 radical (unpaired) electrons. The second-order valence-corrected chi connectivity index (χ2v) is 9.85. The minimum Gasteiger partial charge on any atom is -0.328 e. The van der Waals surface area contributed by atoms with E-state index >= 15 is 0 Å². The molecule has 0 amide bonds. The van der Waals surface area contributed by atoms with E-state index in [9.17, 15) is 0 Å². The van der Waals surface area contributed by atoms with Gasteiger partial charge in [0.1, 0.15) is 0 Å². The predicted molar refractivity (Wildman–Crippen MR) is 131 cm³/mol. The molecular weight excluding hydrogens is 388 g/mol. The third-order valence-corrected chi connectivity index (χ3v) is 6.09. The standard InChI is InChI=1S/C27H35ClN2/c1-15(2)19-11-9-12-20(16(3)4)23(19)25-26(30-27(28)29-25)24-21(17(5)6)13-10-14-22(24)18(7)8/h9-18H,1-8H3,(H,29,30). The van der Waals surface area contributed by atoms with Gasteiger partial charge in [0.25, 0.3) is 0 Å². The molecule has 2 nitrogen and oxygen atoms in total. The van der Waals surface area contributed by atoms with Gasteiger partial charge in [-0.15, -0.1) is 0 Å². The molecule has 0 fully saturated rings. The Morgan fingerprint density at radius 3 is 1.37 bits per heavy atom. The van der Waals surface area contributed by atoms with Gasteiger partial charge in [-0.2, -0.15) is 0 Å². The fraction of sp³-hybridized carbons (Fsp3) is 0.444. The lowest BCUT2D eigenvalue weighted by molar-refractivity contribution is 0.833. The monoisotopic (exact) mass is 422 g/mol. The minimum absolute atomic E-state index is 0.395. The van der Waals surface area contributed by atoms with E-state index in [0.717, 1.165) is 11.4 Å². The van der Waals surface area contributed by atoms with Crippen molar-refractivity contribution in [3.05, 3.63) is 63.9 Å². The number of aromatic nitrogens is 2. The molecule has 0 unspecified atom stereocenters. The largest absolute Gasteiger partial charge is 0.328 e. The zero-order chi connectivity index (χ0) is 22.2. The van der Waals surface area contributed by atoms with Crippen LogP contribution in [0.2, 0.25) is 5.28 Å². The summed E-state index contributed by atoms with van der Waals surface area (Å²) in [6.07, 6.45) is 0. The maximum absolute atomic E-state index is 6.53. The van der Waals surface area contributed by atoms with Crippen LogP contribution in [0.25, 0.3) is 22.5 Å². The van der Waals surface area contributed by atoms with E-state index in [1.165, 1.54) is 33.4 Å². The second kappa shape index (κ2) is 8.98. The average molecular weight is 423 g/mol. The van der Waals surface area contributed by atoms with Crippen molar-refractivity contribution in [1.29, 1.82) is 0 Å². The molecule has 0 aliphatic carbocycles. The Hall–Kier alpha value is -2.06. The van der Waals surface area contributed by atoms with Gasteiger partial charge in [0, 0.05) is 11.1 Å². The molecule has 0 saturated carbocycles. The van der Waals surface area contributed by atoms with Gasteiger partial charge in [-0.25, -0.2) is 4.98 Å². The Kier molecular flexibility index (Phi) is 6.77. The smallest absolute Gasteiger partial charge is 0.201 e. The number of aromatic amines is 1. The molecule has 1 heterocycles. The van der Waals surface area contributed by atoms with Crippen molar-refractivity contribution in [2.45, 2.75) is 79.1 Å². The van der Waals surface area contributed by atoms with Crippen LogP contribution in [0.15, 0.2) is 36.4 Å². The highest BCUT2D eigenvalue weighted by molar-refractivity contribution is 6.28. The van der Waals surface area contributed by atoms with Crippen LogP contribution in [-0.4, -0.2) is 9.97 Å². The molecule has 160 valence electrons. The van der Waals surface area contributed by atoms with E-state index in [0.29, 0.717) is 29.0 Å². The van der Waals surface area contributed by atoms with Gasteiger partial charge in [-0.05, 0) is 57.5 Å². The van der Waals surface area contributed by atoms with Crippen molar-refractivity contribution in [3.8, 4) is 22.5 Å². The molecule has 0 spiro atoms. The molecule has 30 heavy (non-hydrogen) atoms. The van der Waals surface area contributed by atoms with Crippen LogP contribution in [-0.2, 0) is 0 Å². The molecule has 3 aromatic rings. The number of halogens is 1. The highest BCUT2D eigenvalue weighted by Gasteiger charge is 2.25. The third-order valence-electron chi connectivity index (χ3n) is 5.91. The van der Waals surface area contributed by atoms with Crippen molar-refractivity contribution < 1.29 is 0 Å². The van der Waals surface area contributed by atoms with Gasteiger partial charge in [0.05, 0.1) is 11.4 Å². The van der Waals surface area contributed by atoms with Crippen molar-refractivity contribution in [3.63, 3.8) is 0 Å². The van der Waals surface area contributed by atoms with E-state index in [1.807, 2.05) is 0 Å². The summed E-state index contributed by atoms with van der Waals surface area (Å²) in [6.45, 7) is 18.0. The Morgan fingerprint density at radius 1 is 0.633 bits per heavy atom. The Balaban J connectivity index is 2.43. The van der Waals surface area contributed by atoms with Gasteiger partial charge in [-0.3, -0.25) is 0 Å². The second-order valence-electron chi connectivity index (χ2n) is 9.49. The number of H-pyrrole nitrogens is 1. The van der Waals surface area contributed by atoms with Gasteiger partial charge >= 0.3 is 0 Å².